The van der Waals surface area contributed by atoms with Crippen LogP contribution in [0.4, 0.5) is 5.82 Å². The lowest BCUT2D eigenvalue weighted by atomic mass is 10.1. The fourth-order valence-electron chi connectivity index (χ4n) is 2.72. The maximum absolute atomic E-state index is 4.52. The first-order chi connectivity index (χ1) is 10.8. The van der Waals surface area contributed by atoms with E-state index in [2.05, 4.69) is 43.2 Å². The first-order valence-corrected chi connectivity index (χ1v) is 7.31. The maximum Gasteiger partial charge on any atom is 0.177 e. The summed E-state index contributed by atoms with van der Waals surface area (Å²) in [4.78, 5) is 8.80. The van der Waals surface area contributed by atoms with Crippen LogP contribution in [0.3, 0.4) is 0 Å². The lowest BCUT2D eigenvalue weighted by Gasteiger charge is -2.44. The van der Waals surface area contributed by atoms with Crippen molar-refractivity contribution in [3.8, 4) is 0 Å². The number of nitrogens with zero attached hydrogens (tertiary/aromatic N) is 7. The molecule has 4 heterocycles. The van der Waals surface area contributed by atoms with Gasteiger partial charge in [-0.05, 0) is 30.8 Å². The highest BCUT2D eigenvalue weighted by atomic mass is 15.4. The monoisotopic (exact) mass is 295 g/mol. The summed E-state index contributed by atoms with van der Waals surface area (Å²) in [6.07, 6.45) is 5.36. The van der Waals surface area contributed by atoms with E-state index in [1.165, 1.54) is 5.56 Å². The van der Waals surface area contributed by atoms with Gasteiger partial charge in [-0.3, -0.25) is 9.88 Å². The van der Waals surface area contributed by atoms with Crippen LogP contribution in [0.2, 0.25) is 0 Å². The van der Waals surface area contributed by atoms with Crippen molar-refractivity contribution in [2.24, 2.45) is 0 Å². The molecule has 0 aromatic carbocycles. The molecule has 3 aromatic rings. The van der Waals surface area contributed by atoms with Crippen molar-refractivity contribution in [1.29, 1.82) is 0 Å². The highest BCUT2D eigenvalue weighted by molar-refractivity contribution is 5.47. The average Bonchev–Trinajstić information content (AvgIpc) is 2.94. The summed E-state index contributed by atoms with van der Waals surface area (Å²) < 4.78 is 1.71. The van der Waals surface area contributed by atoms with Crippen LogP contribution in [-0.4, -0.2) is 55.9 Å². The molecule has 112 valence electrons. The maximum atomic E-state index is 4.52. The number of pyridine rings is 1. The van der Waals surface area contributed by atoms with Crippen molar-refractivity contribution in [1.82, 2.24) is 29.7 Å². The molecule has 1 saturated heterocycles. The quantitative estimate of drug-likeness (QED) is 0.711. The molecule has 0 unspecified atom stereocenters. The number of hydrogen-bond donors (Lipinski definition) is 0. The Bertz CT molecular complexity index is 764. The molecule has 0 radical (unpaired) electrons. The second kappa shape index (κ2) is 5.34. The van der Waals surface area contributed by atoms with E-state index in [9.17, 15) is 0 Å². The molecule has 0 amide bonds. The summed E-state index contributed by atoms with van der Waals surface area (Å²) in [5.41, 5.74) is 2.02. The van der Waals surface area contributed by atoms with Gasteiger partial charge in [-0.15, -0.1) is 15.3 Å². The number of fused-ring (bicyclic) bond motifs is 1. The van der Waals surface area contributed by atoms with Crippen molar-refractivity contribution < 1.29 is 0 Å². The molecule has 0 atom stereocenters. The molecule has 0 aliphatic carbocycles. The summed E-state index contributed by atoms with van der Waals surface area (Å²) in [6, 6.07) is 8.58. The molecule has 22 heavy (non-hydrogen) atoms. The molecular weight excluding hydrogens is 278 g/mol. The molecule has 0 saturated carbocycles. The van der Waals surface area contributed by atoms with Crippen LogP contribution < -0.4 is 4.90 Å². The third-order valence-electron chi connectivity index (χ3n) is 4.11. The highest BCUT2D eigenvalue weighted by Gasteiger charge is 2.31. The van der Waals surface area contributed by atoms with Crippen molar-refractivity contribution in [2.75, 3.05) is 25.0 Å². The highest BCUT2D eigenvalue weighted by Crippen LogP contribution is 2.22. The molecular formula is C15H17N7. The summed E-state index contributed by atoms with van der Waals surface area (Å²) in [7, 11) is 2.16. The summed E-state index contributed by atoms with van der Waals surface area (Å²) in [6.45, 7) is 2.89. The van der Waals surface area contributed by atoms with E-state index >= 15 is 0 Å². The van der Waals surface area contributed by atoms with Gasteiger partial charge in [0.25, 0.3) is 0 Å². The topological polar surface area (TPSA) is 62.5 Å². The molecule has 1 aliphatic heterocycles. The Morgan fingerprint density at radius 3 is 3.00 bits per heavy atom. The predicted octanol–water partition coefficient (Wildman–Crippen LogP) is 0.840. The third-order valence-corrected chi connectivity index (χ3v) is 4.11. The first kappa shape index (κ1) is 13.1. The first-order valence-electron chi connectivity index (χ1n) is 7.31. The minimum atomic E-state index is 0.540. The van der Waals surface area contributed by atoms with Gasteiger partial charge < -0.3 is 4.90 Å². The number of likely N-dealkylation sites (N-methyl/N-ethyl adjacent to an activating group) is 1. The van der Waals surface area contributed by atoms with Crippen molar-refractivity contribution in [2.45, 2.75) is 12.6 Å². The van der Waals surface area contributed by atoms with Crippen LogP contribution in [-0.2, 0) is 6.54 Å². The van der Waals surface area contributed by atoms with Gasteiger partial charge in [0.2, 0.25) is 0 Å². The van der Waals surface area contributed by atoms with E-state index in [0.29, 0.717) is 6.04 Å². The number of aromatic nitrogens is 5. The van der Waals surface area contributed by atoms with Crippen LogP contribution in [0.25, 0.3) is 5.65 Å². The van der Waals surface area contributed by atoms with E-state index in [1.807, 2.05) is 24.4 Å². The largest absolute Gasteiger partial charge is 0.352 e. The second-order valence-corrected chi connectivity index (χ2v) is 5.66. The molecule has 1 aliphatic rings. The fourth-order valence-corrected chi connectivity index (χ4v) is 2.72. The molecule has 0 N–H and O–H groups in total. The zero-order valence-corrected chi connectivity index (χ0v) is 12.4. The SMILES string of the molecule is CN(Cc1cccnc1)C1CN(c2ccc3nncn3n2)C1. The zero-order valence-electron chi connectivity index (χ0n) is 12.4. The molecule has 4 rings (SSSR count). The van der Waals surface area contributed by atoms with E-state index in [4.69, 9.17) is 0 Å². The minimum Gasteiger partial charge on any atom is -0.352 e. The van der Waals surface area contributed by atoms with E-state index in [1.54, 1.807) is 17.0 Å². The normalized spacial score (nSPS) is 15.5. The molecule has 7 nitrogen and oxygen atoms in total. The van der Waals surface area contributed by atoms with Crippen molar-refractivity contribution in [3.63, 3.8) is 0 Å². The van der Waals surface area contributed by atoms with Crippen LogP contribution in [0, 0.1) is 0 Å². The van der Waals surface area contributed by atoms with Gasteiger partial charge in [-0.25, -0.2) is 0 Å². The summed E-state index contributed by atoms with van der Waals surface area (Å²) in [5, 5.41) is 12.3. The van der Waals surface area contributed by atoms with Gasteiger partial charge in [-0.1, -0.05) is 6.07 Å². The van der Waals surface area contributed by atoms with Crippen LogP contribution in [0.15, 0.2) is 43.0 Å². The minimum absolute atomic E-state index is 0.540. The average molecular weight is 295 g/mol. The van der Waals surface area contributed by atoms with Crippen molar-refractivity contribution >= 4 is 11.5 Å². The third kappa shape index (κ3) is 2.39. The summed E-state index contributed by atoms with van der Waals surface area (Å²) in [5.74, 6) is 0.971. The second-order valence-electron chi connectivity index (χ2n) is 5.66. The number of hydrogen-bond acceptors (Lipinski definition) is 6. The lowest BCUT2D eigenvalue weighted by molar-refractivity contribution is 0.196. The van der Waals surface area contributed by atoms with E-state index in [-0.39, 0.29) is 0 Å². The van der Waals surface area contributed by atoms with Crippen LogP contribution in [0.5, 0.6) is 0 Å². The van der Waals surface area contributed by atoms with Crippen LogP contribution in [0.1, 0.15) is 5.56 Å². The van der Waals surface area contributed by atoms with E-state index < -0.39 is 0 Å². The van der Waals surface area contributed by atoms with Gasteiger partial charge >= 0.3 is 0 Å². The van der Waals surface area contributed by atoms with Crippen molar-refractivity contribution in [3.05, 3.63) is 48.5 Å². The standard InChI is InChI=1S/C15H17N7/c1-20(8-12-3-2-6-16-7-12)13-9-21(10-13)15-5-4-14-18-17-11-22(14)19-15/h2-7,11,13H,8-10H2,1H3. The Labute approximate surface area is 128 Å². The Balaban J connectivity index is 1.38. The number of rotatable bonds is 4. The van der Waals surface area contributed by atoms with Gasteiger partial charge in [0.15, 0.2) is 5.65 Å². The zero-order chi connectivity index (χ0) is 14.9. The Hall–Kier alpha value is -2.54. The molecule has 0 spiro atoms. The van der Waals surface area contributed by atoms with E-state index in [0.717, 1.165) is 31.1 Å². The van der Waals surface area contributed by atoms with Gasteiger partial charge in [0, 0.05) is 38.1 Å². The smallest absolute Gasteiger partial charge is 0.177 e. The number of anilines is 1. The summed E-state index contributed by atoms with van der Waals surface area (Å²) >= 11 is 0. The van der Waals surface area contributed by atoms with Gasteiger partial charge in [0.1, 0.15) is 12.1 Å². The Morgan fingerprint density at radius 2 is 2.18 bits per heavy atom. The molecule has 1 fully saturated rings. The molecule has 3 aromatic heterocycles. The fraction of sp³-hybridized carbons (Fsp3) is 0.333. The predicted molar refractivity (Wildman–Crippen MR) is 82.5 cm³/mol. The molecule has 0 bridgehead atoms. The van der Waals surface area contributed by atoms with Gasteiger partial charge in [0.05, 0.1) is 0 Å². The van der Waals surface area contributed by atoms with Crippen LogP contribution >= 0.6 is 0 Å². The van der Waals surface area contributed by atoms with Gasteiger partial charge in [-0.2, -0.15) is 4.52 Å². The molecule has 7 heteroatoms. The lowest BCUT2D eigenvalue weighted by Crippen LogP contribution is -2.58. The Kier molecular flexibility index (Phi) is 3.19. The Morgan fingerprint density at radius 1 is 1.27 bits per heavy atom.